The van der Waals surface area contributed by atoms with Crippen molar-refractivity contribution >= 4 is 23.3 Å². The Morgan fingerprint density at radius 3 is 2.27 bits per heavy atom. The first kappa shape index (κ1) is 15.5. The van der Waals surface area contributed by atoms with E-state index in [1.54, 1.807) is 12.2 Å². The molecule has 0 saturated carbocycles. The number of hydrogen-bond donors (Lipinski definition) is 2. The molecule has 116 valence electrons. The first-order valence-electron chi connectivity index (χ1n) is 5.98. The summed E-state index contributed by atoms with van der Waals surface area (Å²) in [6, 6.07) is 6.43. The van der Waals surface area contributed by atoms with E-state index in [0.717, 1.165) is 0 Å². The predicted molar refractivity (Wildman–Crippen MR) is 70.3 cm³/mol. The van der Waals surface area contributed by atoms with Crippen LogP contribution in [0.4, 0.5) is 24.7 Å². The highest BCUT2D eigenvalue weighted by atomic mass is 19.4. The van der Waals surface area contributed by atoms with E-state index in [1.165, 1.54) is 30.3 Å². The van der Waals surface area contributed by atoms with Crippen molar-refractivity contribution in [2.45, 2.75) is 13.1 Å². The molecule has 1 aromatic carbocycles. The van der Waals surface area contributed by atoms with Crippen LogP contribution in [0.1, 0.15) is 16.1 Å². The average Bonchev–Trinajstić information content (AvgIpc) is 2.83. The molecule has 1 heterocycles. The Morgan fingerprint density at radius 2 is 1.77 bits per heavy atom. The molecule has 0 aliphatic rings. The van der Waals surface area contributed by atoms with E-state index in [-0.39, 0.29) is 17.1 Å². The van der Waals surface area contributed by atoms with Gasteiger partial charge >= 0.3 is 12.1 Å². The molecule has 0 unspecified atom stereocenters. The number of benzene rings is 1. The molecule has 0 aliphatic heterocycles. The molecular formula is C13H10F3N3O3. The third kappa shape index (κ3) is 3.84. The Morgan fingerprint density at radius 1 is 1.14 bits per heavy atom. The number of aryl methyl sites for hydroxylation is 1. The molecule has 0 radical (unpaired) electrons. The van der Waals surface area contributed by atoms with E-state index < -0.39 is 18.0 Å². The highest BCUT2D eigenvalue weighted by molar-refractivity contribution is 6.04. The Kier molecular flexibility index (Phi) is 4.15. The van der Waals surface area contributed by atoms with Crippen LogP contribution >= 0.6 is 0 Å². The number of hydrogen-bond acceptors (Lipinski definition) is 4. The first-order chi connectivity index (χ1) is 10.3. The summed E-state index contributed by atoms with van der Waals surface area (Å²) < 4.78 is 41.1. The van der Waals surface area contributed by atoms with E-state index in [1.807, 2.05) is 0 Å². The SMILES string of the molecule is Cc1cc(NC(=O)c2ccc(NC(=O)C(F)(F)F)cc2)no1. The smallest absolute Gasteiger partial charge is 0.360 e. The number of rotatable bonds is 3. The number of nitrogens with one attached hydrogen (secondary N) is 2. The fraction of sp³-hybridized carbons (Fsp3) is 0.154. The first-order valence-corrected chi connectivity index (χ1v) is 5.98. The molecule has 0 bridgehead atoms. The molecule has 2 rings (SSSR count). The quantitative estimate of drug-likeness (QED) is 0.912. The normalized spacial score (nSPS) is 11.1. The van der Waals surface area contributed by atoms with Crippen molar-refractivity contribution in [1.29, 1.82) is 0 Å². The zero-order chi connectivity index (χ0) is 16.3. The fourth-order valence-corrected chi connectivity index (χ4v) is 1.52. The van der Waals surface area contributed by atoms with Crippen molar-refractivity contribution in [3.63, 3.8) is 0 Å². The van der Waals surface area contributed by atoms with E-state index in [0.29, 0.717) is 5.76 Å². The predicted octanol–water partition coefficient (Wildman–Crippen LogP) is 2.74. The summed E-state index contributed by atoms with van der Waals surface area (Å²) in [5.41, 5.74) is 0.113. The molecule has 0 saturated heterocycles. The third-order valence-electron chi connectivity index (χ3n) is 2.53. The molecule has 2 N–H and O–H groups in total. The molecule has 0 atom stereocenters. The van der Waals surface area contributed by atoms with Gasteiger partial charge in [-0.1, -0.05) is 5.16 Å². The van der Waals surface area contributed by atoms with Gasteiger partial charge < -0.3 is 15.2 Å². The van der Waals surface area contributed by atoms with Crippen molar-refractivity contribution in [2.75, 3.05) is 10.6 Å². The zero-order valence-electron chi connectivity index (χ0n) is 11.2. The van der Waals surface area contributed by atoms with Crippen LogP contribution in [-0.2, 0) is 4.79 Å². The highest BCUT2D eigenvalue weighted by Gasteiger charge is 2.38. The second-order valence-electron chi connectivity index (χ2n) is 4.31. The van der Waals surface area contributed by atoms with Crippen molar-refractivity contribution in [2.24, 2.45) is 0 Å². The highest BCUT2D eigenvalue weighted by Crippen LogP contribution is 2.19. The average molecular weight is 313 g/mol. The van der Waals surface area contributed by atoms with Gasteiger partial charge in [-0.2, -0.15) is 13.2 Å². The lowest BCUT2D eigenvalue weighted by Crippen LogP contribution is -2.29. The molecule has 2 aromatic rings. The maximum absolute atomic E-state index is 12.1. The summed E-state index contributed by atoms with van der Waals surface area (Å²) >= 11 is 0. The lowest BCUT2D eigenvalue weighted by atomic mass is 10.2. The second-order valence-corrected chi connectivity index (χ2v) is 4.31. The van der Waals surface area contributed by atoms with Crippen LogP contribution in [0.3, 0.4) is 0 Å². The Balaban J connectivity index is 2.02. The van der Waals surface area contributed by atoms with E-state index in [9.17, 15) is 22.8 Å². The monoisotopic (exact) mass is 313 g/mol. The summed E-state index contributed by atoms with van der Waals surface area (Å²) in [5, 5.41) is 7.71. The molecule has 0 spiro atoms. The standard InChI is InChI=1S/C13H10F3N3O3/c1-7-6-10(19-22-7)18-11(20)8-2-4-9(5-3-8)17-12(21)13(14,15)16/h2-6H,1H3,(H,17,21)(H,18,19,20). The fourth-order valence-electron chi connectivity index (χ4n) is 1.52. The number of aromatic nitrogens is 1. The Bertz CT molecular complexity index is 693. The minimum absolute atomic E-state index is 0.0730. The van der Waals surface area contributed by atoms with Gasteiger partial charge in [-0.25, -0.2) is 0 Å². The summed E-state index contributed by atoms with van der Waals surface area (Å²) in [5.74, 6) is -1.86. The maximum Gasteiger partial charge on any atom is 0.471 e. The molecule has 0 aliphatic carbocycles. The summed E-state index contributed by atoms with van der Waals surface area (Å²) in [6.07, 6.45) is -4.97. The molecule has 6 nitrogen and oxygen atoms in total. The topological polar surface area (TPSA) is 84.2 Å². The maximum atomic E-state index is 12.1. The molecule has 9 heteroatoms. The number of amides is 2. The number of carbonyl (C=O) groups excluding carboxylic acids is 2. The number of carbonyl (C=O) groups is 2. The summed E-state index contributed by atoms with van der Waals surface area (Å²) in [6.45, 7) is 1.65. The molecule has 2 amide bonds. The van der Waals surface area contributed by atoms with Crippen molar-refractivity contribution < 1.29 is 27.3 Å². The Labute approximate surface area is 122 Å². The van der Waals surface area contributed by atoms with Gasteiger partial charge in [-0.3, -0.25) is 9.59 Å². The lowest BCUT2D eigenvalue weighted by Gasteiger charge is -2.08. The van der Waals surface area contributed by atoms with Crippen LogP contribution in [0.25, 0.3) is 0 Å². The van der Waals surface area contributed by atoms with E-state index in [2.05, 4.69) is 10.5 Å². The van der Waals surface area contributed by atoms with Crippen LogP contribution < -0.4 is 10.6 Å². The third-order valence-corrected chi connectivity index (χ3v) is 2.53. The number of halogens is 3. The van der Waals surface area contributed by atoms with Crippen LogP contribution in [0.5, 0.6) is 0 Å². The van der Waals surface area contributed by atoms with Crippen molar-refractivity contribution in [1.82, 2.24) is 5.16 Å². The van der Waals surface area contributed by atoms with Gasteiger partial charge in [0.15, 0.2) is 5.82 Å². The molecular weight excluding hydrogens is 303 g/mol. The molecule has 0 fully saturated rings. The van der Waals surface area contributed by atoms with Crippen molar-refractivity contribution in [3.05, 3.63) is 41.7 Å². The van der Waals surface area contributed by atoms with Crippen LogP contribution in [0.2, 0.25) is 0 Å². The Hall–Kier alpha value is -2.84. The summed E-state index contributed by atoms with van der Waals surface area (Å²) in [4.78, 5) is 22.6. The van der Waals surface area contributed by atoms with Gasteiger partial charge in [0.1, 0.15) is 5.76 Å². The van der Waals surface area contributed by atoms with Gasteiger partial charge in [-0.05, 0) is 31.2 Å². The number of nitrogens with zero attached hydrogens (tertiary/aromatic N) is 1. The van der Waals surface area contributed by atoms with Gasteiger partial charge in [-0.15, -0.1) is 0 Å². The van der Waals surface area contributed by atoms with Gasteiger partial charge in [0.05, 0.1) is 0 Å². The van der Waals surface area contributed by atoms with E-state index in [4.69, 9.17) is 4.52 Å². The minimum atomic E-state index is -4.97. The van der Waals surface area contributed by atoms with Gasteiger partial charge in [0, 0.05) is 17.3 Å². The van der Waals surface area contributed by atoms with Gasteiger partial charge in [0.25, 0.3) is 5.91 Å². The minimum Gasteiger partial charge on any atom is -0.360 e. The van der Waals surface area contributed by atoms with Crippen molar-refractivity contribution in [3.8, 4) is 0 Å². The van der Waals surface area contributed by atoms with Crippen LogP contribution in [-0.4, -0.2) is 23.1 Å². The molecule has 22 heavy (non-hydrogen) atoms. The zero-order valence-corrected chi connectivity index (χ0v) is 11.2. The summed E-state index contributed by atoms with van der Waals surface area (Å²) in [7, 11) is 0. The van der Waals surface area contributed by atoms with E-state index >= 15 is 0 Å². The van der Waals surface area contributed by atoms with Crippen LogP contribution in [0.15, 0.2) is 34.9 Å². The second kappa shape index (κ2) is 5.88. The molecule has 1 aromatic heterocycles. The largest absolute Gasteiger partial charge is 0.471 e. The number of anilines is 2. The number of alkyl halides is 3. The lowest BCUT2D eigenvalue weighted by molar-refractivity contribution is -0.167. The van der Waals surface area contributed by atoms with Crippen LogP contribution in [0, 0.1) is 6.92 Å². The van der Waals surface area contributed by atoms with Gasteiger partial charge in [0.2, 0.25) is 0 Å².